The maximum absolute atomic E-state index is 11.9. The van der Waals surface area contributed by atoms with E-state index in [2.05, 4.69) is 5.32 Å². The summed E-state index contributed by atoms with van der Waals surface area (Å²) >= 11 is 1.18. The molecule has 0 aromatic heterocycles. The number of amides is 1. The molecule has 0 aliphatic heterocycles. The molecule has 1 unspecified atom stereocenters. The highest BCUT2D eigenvalue weighted by Crippen LogP contribution is 2.16. The van der Waals surface area contributed by atoms with Gasteiger partial charge in [-0.1, -0.05) is 24.8 Å². The standard InChI is InChI=1S/C14H19NO2S/c1-9-5-6-13(7-10(9)2)15-14(17)11(3)8-18-12(4)16/h5-7,11H,8H2,1-4H3,(H,15,17). The van der Waals surface area contributed by atoms with E-state index in [4.69, 9.17) is 0 Å². The zero-order valence-electron chi connectivity index (χ0n) is 11.2. The van der Waals surface area contributed by atoms with Crippen LogP contribution in [-0.2, 0) is 9.59 Å². The van der Waals surface area contributed by atoms with Crippen molar-refractivity contribution >= 4 is 28.5 Å². The number of thioether (sulfide) groups is 1. The normalized spacial score (nSPS) is 12.0. The van der Waals surface area contributed by atoms with Gasteiger partial charge in [-0.3, -0.25) is 9.59 Å². The first kappa shape index (κ1) is 14.8. The molecule has 1 aromatic carbocycles. The number of nitrogens with one attached hydrogen (secondary N) is 1. The van der Waals surface area contributed by atoms with Crippen molar-refractivity contribution in [3.05, 3.63) is 29.3 Å². The van der Waals surface area contributed by atoms with Crippen LogP contribution in [0.3, 0.4) is 0 Å². The Morgan fingerprint density at radius 3 is 2.50 bits per heavy atom. The molecule has 0 radical (unpaired) electrons. The van der Waals surface area contributed by atoms with Crippen LogP contribution in [0.25, 0.3) is 0 Å². The molecular weight excluding hydrogens is 246 g/mol. The minimum atomic E-state index is -0.180. The summed E-state index contributed by atoms with van der Waals surface area (Å²) in [5.74, 6) is 0.291. The van der Waals surface area contributed by atoms with Gasteiger partial charge in [0, 0.05) is 24.3 Å². The van der Waals surface area contributed by atoms with E-state index in [1.165, 1.54) is 24.2 Å². The molecule has 3 nitrogen and oxygen atoms in total. The average Bonchev–Trinajstić information content (AvgIpc) is 2.30. The van der Waals surface area contributed by atoms with Crippen LogP contribution in [0.2, 0.25) is 0 Å². The Balaban J connectivity index is 2.58. The van der Waals surface area contributed by atoms with Crippen molar-refractivity contribution in [3.8, 4) is 0 Å². The molecule has 1 rings (SSSR count). The number of rotatable bonds is 4. The number of anilines is 1. The Kier molecular flexibility index (Phi) is 5.41. The molecule has 1 N–H and O–H groups in total. The van der Waals surface area contributed by atoms with Crippen molar-refractivity contribution in [3.63, 3.8) is 0 Å². The maximum atomic E-state index is 11.9. The fourth-order valence-corrected chi connectivity index (χ4v) is 2.04. The lowest BCUT2D eigenvalue weighted by molar-refractivity contribution is -0.118. The summed E-state index contributed by atoms with van der Waals surface area (Å²) in [6.07, 6.45) is 0. The van der Waals surface area contributed by atoms with Crippen molar-refractivity contribution < 1.29 is 9.59 Å². The molecule has 18 heavy (non-hydrogen) atoms. The predicted molar refractivity (Wildman–Crippen MR) is 76.8 cm³/mol. The Morgan fingerprint density at radius 2 is 1.94 bits per heavy atom. The van der Waals surface area contributed by atoms with Gasteiger partial charge < -0.3 is 5.32 Å². The van der Waals surface area contributed by atoms with Crippen LogP contribution in [0.1, 0.15) is 25.0 Å². The van der Waals surface area contributed by atoms with Crippen molar-refractivity contribution in [2.24, 2.45) is 5.92 Å². The van der Waals surface area contributed by atoms with Crippen molar-refractivity contribution in [1.82, 2.24) is 0 Å². The van der Waals surface area contributed by atoms with Gasteiger partial charge in [-0.25, -0.2) is 0 Å². The van der Waals surface area contributed by atoms with Crippen LogP contribution in [0.5, 0.6) is 0 Å². The predicted octanol–water partition coefficient (Wildman–Crippen LogP) is 3.16. The van der Waals surface area contributed by atoms with Gasteiger partial charge in [0.1, 0.15) is 0 Å². The Hall–Kier alpha value is -1.29. The molecule has 0 fully saturated rings. The summed E-state index contributed by atoms with van der Waals surface area (Å²) in [4.78, 5) is 22.7. The second kappa shape index (κ2) is 6.59. The van der Waals surface area contributed by atoms with Crippen LogP contribution in [0.15, 0.2) is 18.2 Å². The van der Waals surface area contributed by atoms with Gasteiger partial charge in [0.15, 0.2) is 5.12 Å². The molecule has 98 valence electrons. The second-order valence-electron chi connectivity index (χ2n) is 4.49. The number of aryl methyl sites for hydroxylation is 2. The molecule has 0 saturated heterocycles. The van der Waals surface area contributed by atoms with Crippen LogP contribution < -0.4 is 5.32 Å². The molecule has 0 aliphatic carbocycles. The third-order valence-electron chi connectivity index (χ3n) is 2.76. The third-order valence-corrected chi connectivity index (χ3v) is 3.83. The molecule has 0 aliphatic rings. The number of carbonyl (C=O) groups excluding carboxylic acids is 2. The monoisotopic (exact) mass is 265 g/mol. The van der Waals surface area contributed by atoms with E-state index in [1.807, 2.05) is 39.0 Å². The Labute approximate surface area is 112 Å². The lowest BCUT2D eigenvalue weighted by Gasteiger charge is -2.12. The van der Waals surface area contributed by atoms with E-state index in [9.17, 15) is 9.59 Å². The van der Waals surface area contributed by atoms with E-state index >= 15 is 0 Å². The quantitative estimate of drug-likeness (QED) is 0.909. The van der Waals surface area contributed by atoms with Gasteiger partial charge in [0.2, 0.25) is 5.91 Å². The number of hydrogen-bond donors (Lipinski definition) is 1. The summed E-state index contributed by atoms with van der Waals surface area (Å²) in [5.41, 5.74) is 3.16. The lowest BCUT2D eigenvalue weighted by Crippen LogP contribution is -2.22. The van der Waals surface area contributed by atoms with Crippen LogP contribution in [0.4, 0.5) is 5.69 Å². The summed E-state index contributed by atoms with van der Waals surface area (Å²) in [6.45, 7) is 7.39. The van der Waals surface area contributed by atoms with Gasteiger partial charge in [0.25, 0.3) is 0 Å². The van der Waals surface area contributed by atoms with Gasteiger partial charge in [-0.05, 0) is 37.1 Å². The molecule has 1 atom stereocenters. The average molecular weight is 265 g/mol. The lowest BCUT2D eigenvalue weighted by atomic mass is 10.1. The van der Waals surface area contributed by atoms with Gasteiger partial charge in [0.05, 0.1) is 0 Å². The SMILES string of the molecule is CC(=O)SCC(C)C(=O)Nc1ccc(C)c(C)c1. The van der Waals surface area contributed by atoms with Crippen molar-refractivity contribution in [2.45, 2.75) is 27.7 Å². The van der Waals surface area contributed by atoms with Crippen LogP contribution in [0, 0.1) is 19.8 Å². The number of carbonyl (C=O) groups is 2. The minimum Gasteiger partial charge on any atom is -0.326 e. The van der Waals surface area contributed by atoms with Gasteiger partial charge in [-0.15, -0.1) is 0 Å². The molecule has 0 saturated carbocycles. The molecular formula is C14H19NO2S. The topological polar surface area (TPSA) is 46.2 Å². The Bertz CT molecular complexity index is 457. The zero-order valence-corrected chi connectivity index (χ0v) is 12.1. The Morgan fingerprint density at radius 1 is 1.28 bits per heavy atom. The molecule has 0 heterocycles. The highest BCUT2D eigenvalue weighted by Gasteiger charge is 2.14. The third kappa shape index (κ3) is 4.53. The van der Waals surface area contributed by atoms with Crippen molar-refractivity contribution in [1.29, 1.82) is 0 Å². The van der Waals surface area contributed by atoms with Gasteiger partial charge >= 0.3 is 0 Å². The smallest absolute Gasteiger partial charge is 0.228 e. The highest BCUT2D eigenvalue weighted by molar-refractivity contribution is 8.13. The summed E-state index contributed by atoms with van der Waals surface area (Å²) in [6, 6.07) is 5.84. The molecule has 4 heteroatoms. The summed E-state index contributed by atoms with van der Waals surface area (Å²) < 4.78 is 0. The van der Waals surface area contributed by atoms with E-state index < -0.39 is 0 Å². The highest BCUT2D eigenvalue weighted by atomic mass is 32.2. The second-order valence-corrected chi connectivity index (χ2v) is 5.69. The number of hydrogen-bond acceptors (Lipinski definition) is 3. The summed E-state index contributed by atoms with van der Waals surface area (Å²) in [5, 5.41) is 2.91. The van der Waals surface area contributed by atoms with Gasteiger partial charge in [-0.2, -0.15) is 0 Å². The van der Waals surface area contributed by atoms with E-state index in [0.29, 0.717) is 5.75 Å². The minimum absolute atomic E-state index is 0.0424. The first-order valence-electron chi connectivity index (χ1n) is 5.91. The van der Waals surface area contributed by atoms with Crippen LogP contribution >= 0.6 is 11.8 Å². The number of benzene rings is 1. The van der Waals surface area contributed by atoms with Crippen molar-refractivity contribution in [2.75, 3.05) is 11.1 Å². The molecule has 0 bridgehead atoms. The molecule has 0 spiro atoms. The fourth-order valence-electron chi connectivity index (χ4n) is 1.40. The van der Waals surface area contributed by atoms with E-state index in [-0.39, 0.29) is 16.9 Å². The fraction of sp³-hybridized carbons (Fsp3) is 0.429. The largest absolute Gasteiger partial charge is 0.326 e. The summed E-state index contributed by atoms with van der Waals surface area (Å²) in [7, 11) is 0. The van der Waals surface area contributed by atoms with Crippen LogP contribution in [-0.4, -0.2) is 16.8 Å². The molecule has 1 amide bonds. The van der Waals surface area contributed by atoms with E-state index in [0.717, 1.165) is 11.3 Å². The molecule has 1 aromatic rings. The zero-order chi connectivity index (χ0) is 13.7. The first-order valence-corrected chi connectivity index (χ1v) is 6.90. The van der Waals surface area contributed by atoms with E-state index in [1.54, 1.807) is 0 Å². The first-order chi connectivity index (χ1) is 8.40. The maximum Gasteiger partial charge on any atom is 0.228 e.